The minimum atomic E-state index is -4.74. The maximum Gasteiger partial charge on any atom is 0.573 e. The monoisotopic (exact) mass is 636 g/mol. The first kappa shape index (κ1) is 32.1. The molecular formula is C33H35F3N6O2S. The van der Waals surface area contributed by atoms with Crippen molar-refractivity contribution >= 4 is 28.6 Å². The number of hydrogen-bond donors (Lipinski definition) is 1. The Kier molecular flexibility index (Phi) is 10.1. The molecule has 1 unspecified atom stereocenters. The average Bonchev–Trinajstić information content (AvgIpc) is 3.67. The van der Waals surface area contributed by atoms with Crippen LogP contribution in [-0.2, 0) is 6.42 Å². The number of aryl methyl sites for hydroxylation is 1. The molecule has 236 valence electrons. The topological polar surface area (TPSA) is 84.6 Å². The molecule has 45 heavy (non-hydrogen) atoms. The van der Waals surface area contributed by atoms with Crippen molar-refractivity contribution in [2.75, 3.05) is 17.2 Å². The summed E-state index contributed by atoms with van der Waals surface area (Å²) >= 11 is 1.60. The fraction of sp³-hybridized carbons (Fsp3) is 0.333. The van der Waals surface area contributed by atoms with E-state index in [-0.39, 0.29) is 17.8 Å². The molecule has 1 fully saturated rings. The third kappa shape index (κ3) is 8.65. The van der Waals surface area contributed by atoms with Crippen LogP contribution in [-0.4, -0.2) is 50.7 Å². The number of urea groups is 1. The van der Waals surface area contributed by atoms with Crippen LogP contribution in [0.2, 0.25) is 0 Å². The highest BCUT2D eigenvalue weighted by atomic mass is 32.2. The number of halogens is 3. The summed E-state index contributed by atoms with van der Waals surface area (Å²) in [5.41, 5.74) is 4.89. The molecule has 0 aliphatic carbocycles. The largest absolute Gasteiger partial charge is 0.573 e. The minimum Gasteiger partial charge on any atom is -0.406 e. The number of rotatable bonds is 10. The van der Waals surface area contributed by atoms with E-state index in [1.807, 2.05) is 43.3 Å². The van der Waals surface area contributed by atoms with Crippen molar-refractivity contribution in [1.82, 2.24) is 20.1 Å². The highest BCUT2D eigenvalue weighted by molar-refractivity contribution is 8.14. The van der Waals surface area contributed by atoms with E-state index in [1.165, 1.54) is 40.8 Å². The molecule has 1 atom stereocenters. The van der Waals surface area contributed by atoms with Crippen LogP contribution in [0.25, 0.3) is 17.1 Å². The van der Waals surface area contributed by atoms with Gasteiger partial charge in [-0.05, 0) is 73.6 Å². The van der Waals surface area contributed by atoms with Crippen molar-refractivity contribution in [3.63, 3.8) is 0 Å². The Morgan fingerprint density at radius 2 is 1.78 bits per heavy atom. The number of carbonyl (C=O) groups is 1. The molecule has 1 aromatic heterocycles. The number of aromatic nitrogens is 3. The van der Waals surface area contributed by atoms with Gasteiger partial charge in [-0.15, -0.1) is 18.3 Å². The molecule has 5 rings (SSSR count). The van der Waals surface area contributed by atoms with Crippen molar-refractivity contribution in [2.45, 2.75) is 58.4 Å². The van der Waals surface area contributed by atoms with E-state index in [4.69, 9.17) is 0 Å². The van der Waals surface area contributed by atoms with Gasteiger partial charge in [0, 0.05) is 29.6 Å². The number of carbonyl (C=O) groups excluding carboxylic acids is 1. The average molecular weight is 637 g/mol. The Labute approximate surface area is 264 Å². The molecule has 1 N–H and O–H groups in total. The quantitative estimate of drug-likeness (QED) is 0.190. The third-order valence-corrected chi connectivity index (χ3v) is 8.29. The number of anilines is 1. The van der Waals surface area contributed by atoms with Crippen molar-refractivity contribution < 1.29 is 22.7 Å². The lowest BCUT2D eigenvalue weighted by Gasteiger charge is -2.23. The Balaban J connectivity index is 1.10. The van der Waals surface area contributed by atoms with Crippen LogP contribution in [0.3, 0.4) is 0 Å². The predicted octanol–water partition coefficient (Wildman–Crippen LogP) is 7.99. The SMILES string of the molecule is CC(CCCc1ccc(-c2ncn(-c3ccc(OC(F)(F)F)cc3)n2)cc1)NC(=O)/N=C1\SCCN1c1ccccc1C(C)C. The predicted molar refractivity (Wildman–Crippen MR) is 172 cm³/mol. The molecule has 2 amide bonds. The fourth-order valence-electron chi connectivity index (χ4n) is 5.09. The number of nitrogens with zero attached hydrogens (tertiary/aromatic N) is 5. The van der Waals surface area contributed by atoms with E-state index in [9.17, 15) is 18.0 Å². The Morgan fingerprint density at radius 3 is 2.49 bits per heavy atom. The maximum atomic E-state index is 12.8. The lowest BCUT2D eigenvalue weighted by Crippen LogP contribution is -2.33. The summed E-state index contributed by atoms with van der Waals surface area (Å²) in [6.45, 7) is 7.16. The zero-order valence-corrected chi connectivity index (χ0v) is 26.1. The summed E-state index contributed by atoms with van der Waals surface area (Å²) < 4.78 is 42.6. The Morgan fingerprint density at radius 1 is 1.04 bits per heavy atom. The number of alkyl halides is 3. The Bertz CT molecular complexity index is 1620. The number of benzene rings is 3. The zero-order valence-electron chi connectivity index (χ0n) is 25.3. The first-order valence-electron chi connectivity index (χ1n) is 14.8. The number of ether oxygens (including phenoxy) is 1. The fourth-order valence-corrected chi connectivity index (χ4v) is 6.04. The number of amidine groups is 1. The maximum absolute atomic E-state index is 12.8. The number of hydrogen-bond acceptors (Lipinski definition) is 5. The van der Waals surface area contributed by atoms with Crippen LogP contribution in [0, 0.1) is 0 Å². The standard InChI is InChI=1S/C33H35F3N6O2S/c1-22(2)28-9-4-5-10-29(28)41-19-20-45-32(41)39-31(43)38-23(3)7-6-8-24-11-13-25(14-12-24)30-37-21-42(40-30)26-15-17-27(18-16-26)44-33(34,35)36/h4-5,9-18,21-23H,6-8,19-20H2,1-3H3,(H,38,43)/b39-32-. The van der Waals surface area contributed by atoms with Gasteiger partial charge in [-0.3, -0.25) is 0 Å². The lowest BCUT2D eigenvalue weighted by molar-refractivity contribution is -0.274. The van der Waals surface area contributed by atoms with Crippen molar-refractivity contribution in [1.29, 1.82) is 0 Å². The molecule has 8 nitrogen and oxygen atoms in total. The molecule has 0 spiro atoms. The van der Waals surface area contributed by atoms with E-state index in [0.717, 1.165) is 53.5 Å². The summed E-state index contributed by atoms with van der Waals surface area (Å²) in [5.74, 6) is 1.47. The number of nitrogens with one attached hydrogen (secondary N) is 1. The Hall–Kier alpha value is -4.32. The van der Waals surface area contributed by atoms with Crippen LogP contribution >= 0.6 is 11.8 Å². The van der Waals surface area contributed by atoms with Crippen LogP contribution in [0.15, 0.2) is 84.1 Å². The van der Waals surface area contributed by atoms with Gasteiger partial charge in [0.2, 0.25) is 0 Å². The molecule has 0 saturated carbocycles. The number of amides is 2. The van der Waals surface area contributed by atoms with Gasteiger partial charge in [0.1, 0.15) is 12.1 Å². The summed E-state index contributed by atoms with van der Waals surface area (Å²) in [7, 11) is 0. The van der Waals surface area contributed by atoms with E-state index >= 15 is 0 Å². The summed E-state index contributed by atoms with van der Waals surface area (Å²) in [6.07, 6.45) is -0.684. The molecule has 0 radical (unpaired) electrons. The van der Waals surface area contributed by atoms with Crippen LogP contribution in [0.4, 0.5) is 23.7 Å². The molecule has 12 heteroatoms. The van der Waals surface area contributed by atoms with E-state index < -0.39 is 6.36 Å². The van der Waals surface area contributed by atoms with Crippen LogP contribution in [0.5, 0.6) is 5.75 Å². The third-order valence-electron chi connectivity index (χ3n) is 7.33. The van der Waals surface area contributed by atoms with E-state index in [1.54, 1.807) is 11.8 Å². The van der Waals surface area contributed by atoms with Crippen molar-refractivity contribution in [3.8, 4) is 22.8 Å². The van der Waals surface area contributed by atoms with Gasteiger partial charge in [0.15, 0.2) is 11.0 Å². The van der Waals surface area contributed by atoms with Gasteiger partial charge in [0.25, 0.3) is 0 Å². The molecule has 1 aliphatic heterocycles. The summed E-state index contributed by atoms with van der Waals surface area (Å²) in [4.78, 5) is 23.7. The molecule has 3 aromatic carbocycles. The summed E-state index contributed by atoms with van der Waals surface area (Å²) in [5, 5.41) is 8.21. The van der Waals surface area contributed by atoms with Crippen molar-refractivity contribution in [2.24, 2.45) is 4.99 Å². The number of para-hydroxylation sites is 1. The first-order chi connectivity index (χ1) is 21.6. The molecule has 1 saturated heterocycles. The van der Waals surface area contributed by atoms with E-state index in [0.29, 0.717) is 17.4 Å². The number of aliphatic imine (C=N–C) groups is 1. The lowest BCUT2D eigenvalue weighted by atomic mass is 10.0. The molecule has 0 bridgehead atoms. The van der Waals surface area contributed by atoms with Crippen molar-refractivity contribution in [3.05, 3.63) is 90.3 Å². The second-order valence-corrected chi connectivity index (χ2v) is 12.2. The van der Waals surface area contributed by atoms with Gasteiger partial charge in [-0.25, -0.2) is 14.5 Å². The van der Waals surface area contributed by atoms with Gasteiger partial charge in [-0.1, -0.05) is 68.1 Å². The number of thioether (sulfide) groups is 1. The van der Waals surface area contributed by atoms with E-state index in [2.05, 4.69) is 56.0 Å². The van der Waals surface area contributed by atoms with Crippen LogP contribution < -0.4 is 15.0 Å². The van der Waals surface area contributed by atoms with Gasteiger partial charge in [0.05, 0.1) is 5.69 Å². The zero-order chi connectivity index (χ0) is 32.0. The molecule has 4 aromatic rings. The second-order valence-electron chi connectivity index (χ2n) is 11.1. The smallest absolute Gasteiger partial charge is 0.406 e. The first-order valence-corrected chi connectivity index (χ1v) is 15.8. The van der Waals surface area contributed by atoms with Gasteiger partial charge < -0.3 is 15.0 Å². The second kappa shape index (κ2) is 14.2. The molecular weight excluding hydrogens is 601 g/mol. The molecule has 1 aliphatic rings. The van der Waals surface area contributed by atoms with Gasteiger partial charge in [-0.2, -0.15) is 4.99 Å². The van der Waals surface area contributed by atoms with Crippen LogP contribution in [0.1, 0.15) is 50.7 Å². The normalized spacial score (nSPS) is 15.1. The minimum absolute atomic E-state index is 0.0221. The molecule has 2 heterocycles. The van der Waals surface area contributed by atoms with Gasteiger partial charge >= 0.3 is 12.4 Å². The highest BCUT2D eigenvalue weighted by Crippen LogP contribution is 2.32. The summed E-state index contributed by atoms with van der Waals surface area (Å²) in [6, 6.07) is 21.3. The highest BCUT2D eigenvalue weighted by Gasteiger charge is 2.31.